The van der Waals surface area contributed by atoms with Crippen molar-refractivity contribution in [3.63, 3.8) is 0 Å². The number of ether oxygens (including phenoxy) is 3. The lowest BCUT2D eigenvalue weighted by Crippen LogP contribution is -2.08. The van der Waals surface area contributed by atoms with Gasteiger partial charge in [0.15, 0.2) is 23.0 Å². The molecular weight excluding hydrogens is 290 g/mol. The maximum Gasteiger partial charge on any atom is 0.358 e. The highest BCUT2D eigenvalue weighted by molar-refractivity contribution is 5.87. The molecule has 0 bridgehead atoms. The molecule has 2 aromatic rings. The monoisotopic (exact) mass is 307 g/mol. The van der Waals surface area contributed by atoms with Crippen molar-refractivity contribution in [3.05, 3.63) is 23.9 Å². The lowest BCUT2D eigenvalue weighted by Gasteiger charge is -2.18. The molecule has 0 saturated heterocycles. The third-order valence-electron chi connectivity index (χ3n) is 2.85. The van der Waals surface area contributed by atoms with Crippen LogP contribution in [0.2, 0.25) is 0 Å². The van der Waals surface area contributed by atoms with Crippen molar-refractivity contribution < 1.29 is 28.6 Å². The summed E-state index contributed by atoms with van der Waals surface area (Å²) in [7, 11) is 3.02. The van der Waals surface area contributed by atoms with Gasteiger partial charge in [-0.2, -0.15) is 0 Å². The van der Waals surface area contributed by atoms with E-state index in [0.29, 0.717) is 22.8 Å². The Kier molecular flexibility index (Phi) is 4.55. The summed E-state index contributed by atoms with van der Waals surface area (Å²) in [6, 6.07) is 4.71. The Morgan fingerprint density at radius 3 is 2.45 bits per heavy atom. The van der Waals surface area contributed by atoms with Gasteiger partial charge in [-0.25, -0.2) is 4.79 Å². The van der Waals surface area contributed by atoms with Crippen LogP contribution in [0.25, 0.3) is 11.3 Å². The molecular formula is C15H17NO6. The van der Waals surface area contributed by atoms with Crippen LogP contribution in [-0.2, 0) is 0 Å². The van der Waals surface area contributed by atoms with E-state index >= 15 is 0 Å². The molecule has 1 heterocycles. The highest BCUT2D eigenvalue weighted by atomic mass is 16.5. The topological polar surface area (TPSA) is 91.0 Å². The Bertz CT molecular complexity index is 677. The van der Waals surface area contributed by atoms with Crippen molar-refractivity contribution in [2.24, 2.45) is 0 Å². The van der Waals surface area contributed by atoms with Gasteiger partial charge in [-0.05, 0) is 26.0 Å². The van der Waals surface area contributed by atoms with Crippen LogP contribution < -0.4 is 14.2 Å². The normalized spacial score (nSPS) is 10.6. The maximum atomic E-state index is 10.9. The molecule has 0 aliphatic rings. The minimum Gasteiger partial charge on any atom is -0.493 e. The Balaban J connectivity index is 2.60. The second kappa shape index (κ2) is 6.38. The molecule has 0 atom stereocenters. The highest BCUT2D eigenvalue weighted by Gasteiger charge is 2.22. The molecule has 0 radical (unpaired) electrons. The highest BCUT2D eigenvalue weighted by Crippen LogP contribution is 2.45. The van der Waals surface area contributed by atoms with Crippen LogP contribution >= 0.6 is 0 Å². The summed E-state index contributed by atoms with van der Waals surface area (Å²) in [5.41, 5.74) is 0.353. The molecule has 2 rings (SSSR count). The molecule has 22 heavy (non-hydrogen) atoms. The number of hydrogen-bond acceptors (Lipinski definition) is 6. The van der Waals surface area contributed by atoms with Gasteiger partial charge in [0.25, 0.3) is 0 Å². The average molecular weight is 307 g/mol. The van der Waals surface area contributed by atoms with Crippen molar-refractivity contribution in [1.29, 1.82) is 0 Å². The zero-order valence-corrected chi connectivity index (χ0v) is 12.7. The van der Waals surface area contributed by atoms with Crippen LogP contribution in [0.3, 0.4) is 0 Å². The number of carbonyl (C=O) groups is 1. The zero-order chi connectivity index (χ0) is 16.3. The molecule has 0 spiro atoms. The number of carboxylic acids is 1. The number of rotatable bonds is 6. The standard InChI is InChI=1S/C15H17NO6/c1-8(2)21-13-9(5-6-11(19-3)14(13)20-4)12-7-10(15(17)18)16-22-12/h5-8H,1-4H3,(H,17,18). The van der Waals surface area contributed by atoms with Crippen LogP contribution in [0.5, 0.6) is 17.2 Å². The third-order valence-corrected chi connectivity index (χ3v) is 2.85. The van der Waals surface area contributed by atoms with E-state index in [2.05, 4.69) is 5.16 Å². The quantitative estimate of drug-likeness (QED) is 0.877. The molecule has 0 amide bonds. The van der Waals surface area contributed by atoms with E-state index < -0.39 is 5.97 Å². The van der Waals surface area contributed by atoms with E-state index in [1.807, 2.05) is 13.8 Å². The number of aromatic carboxylic acids is 1. The molecule has 0 aliphatic heterocycles. The lowest BCUT2D eigenvalue weighted by molar-refractivity contribution is 0.0686. The molecule has 1 N–H and O–H groups in total. The van der Waals surface area contributed by atoms with E-state index in [0.717, 1.165) is 0 Å². The molecule has 0 saturated carbocycles. The van der Waals surface area contributed by atoms with Gasteiger partial charge < -0.3 is 23.8 Å². The first-order valence-corrected chi connectivity index (χ1v) is 6.60. The Morgan fingerprint density at radius 2 is 1.95 bits per heavy atom. The first-order valence-electron chi connectivity index (χ1n) is 6.60. The average Bonchev–Trinajstić information content (AvgIpc) is 2.95. The summed E-state index contributed by atoms with van der Waals surface area (Å²) in [6.07, 6.45) is -0.123. The molecule has 0 fully saturated rings. The summed E-state index contributed by atoms with van der Waals surface area (Å²) < 4.78 is 21.5. The predicted octanol–water partition coefficient (Wildman–Crippen LogP) is 2.84. The minimum absolute atomic E-state index is 0.123. The maximum absolute atomic E-state index is 10.9. The third kappa shape index (κ3) is 2.98. The van der Waals surface area contributed by atoms with Crippen molar-refractivity contribution in [1.82, 2.24) is 5.16 Å². The van der Waals surface area contributed by atoms with E-state index in [9.17, 15) is 4.79 Å². The van der Waals surface area contributed by atoms with Gasteiger partial charge in [0, 0.05) is 6.07 Å². The van der Waals surface area contributed by atoms with Gasteiger partial charge in [-0.3, -0.25) is 0 Å². The number of carboxylic acid groups (broad SMARTS) is 1. The minimum atomic E-state index is -1.16. The van der Waals surface area contributed by atoms with Crippen molar-refractivity contribution in [3.8, 4) is 28.6 Å². The first-order chi connectivity index (χ1) is 10.5. The second-order valence-electron chi connectivity index (χ2n) is 4.73. The van der Waals surface area contributed by atoms with Crippen LogP contribution in [0, 0.1) is 0 Å². The van der Waals surface area contributed by atoms with Gasteiger partial charge in [0.2, 0.25) is 5.75 Å². The van der Waals surface area contributed by atoms with Gasteiger partial charge in [-0.15, -0.1) is 0 Å². The molecule has 7 nitrogen and oxygen atoms in total. The van der Waals surface area contributed by atoms with E-state index in [4.69, 9.17) is 23.8 Å². The number of aromatic nitrogens is 1. The molecule has 118 valence electrons. The fourth-order valence-corrected chi connectivity index (χ4v) is 1.95. The number of hydrogen-bond donors (Lipinski definition) is 1. The fourth-order valence-electron chi connectivity index (χ4n) is 1.95. The van der Waals surface area contributed by atoms with Crippen molar-refractivity contribution in [2.45, 2.75) is 20.0 Å². The molecule has 1 aromatic heterocycles. The van der Waals surface area contributed by atoms with Crippen molar-refractivity contribution in [2.75, 3.05) is 14.2 Å². The predicted molar refractivity (Wildman–Crippen MR) is 77.8 cm³/mol. The molecule has 0 unspecified atom stereocenters. The summed E-state index contributed by atoms with van der Waals surface area (Å²) in [5.74, 6) is 0.419. The Labute approximate surface area is 127 Å². The number of benzene rings is 1. The molecule has 0 aliphatic carbocycles. The van der Waals surface area contributed by atoms with E-state index in [-0.39, 0.29) is 17.6 Å². The number of nitrogens with zero attached hydrogens (tertiary/aromatic N) is 1. The summed E-state index contributed by atoms with van der Waals surface area (Å²) in [6.45, 7) is 3.73. The van der Waals surface area contributed by atoms with Crippen LogP contribution in [0.4, 0.5) is 0 Å². The second-order valence-corrected chi connectivity index (χ2v) is 4.73. The van der Waals surface area contributed by atoms with E-state index in [1.165, 1.54) is 20.3 Å². The van der Waals surface area contributed by atoms with Gasteiger partial charge in [-0.1, -0.05) is 5.16 Å². The molecule has 1 aromatic carbocycles. The lowest BCUT2D eigenvalue weighted by atomic mass is 10.1. The van der Waals surface area contributed by atoms with Crippen LogP contribution in [0.1, 0.15) is 24.3 Å². The largest absolute Gasteiger partial charge is 0.493 e. The Morgan fingerprint density at radius 1 is 1.23 bits per heavy atom. The summed E-state index contributed by atoms with van der Waals surface area (Å²) in [5, 5.41) is 12.5. The number of methoxy groups -OCH3 is 2. The zero-order valence-electron chi connectivity index (χ0n) is 12.7. The van der Waals surface area contributed by atoms with E-state index in [1.54, 1.807) is 12.1 Å². The van der Waals surface area contributed by atoms with Gasteiger partial charge in [0.05, 0.1) is 25.9 Å². The summed E-state index contributed by atoms with van der Waals surface area (Å²) >= 11 is 0. The van der Waals surface area contributed by atoms with Crippen molar-refractivity contribution >= 4 is 5.97 Å². The van der Waals surface area contributed by atoms with Gasteiger partial charge in [0.1, 0.15) is 0 Å². The first kappa shape index (κ1) is 15.7. The van der Waals surface area contributed by atoms with Gasteiger partial charge >= 0.3 is 5.97 Å². The van der Waals surface area contributed by atoms with Crippen LogP contribution in [-0.4, -0.2) is 36.6 Å². The van der Waals surface area contributed by atoms with Crippen LogP contribution in [0.15, 0.2) is 22.7 Å². The fraction of sp³-hybridized carbons (Fsp3) is 0.333. The SMILES string of the molecule is COc1ccc(-c2cc(C(=O)O)no2)c(OC(C)C)c1OC. The Hall–Kier alpha value is -2.70. The molecule has 7 heteroatoms. The smallest absolute Gasteiger partial charge is 0.358 e. The summed E-state index contributed by atoms with van der Waals surface area (Å²) in [4.78, 5) is 10.9.